The molecule has 1 aromatic carbocycles. The van der Waals surface area contributed by atoms with E-state index in [1.807, 2.05) is 6.07 Å². The van der Waals surface area contributed by atoms with Crippen LogP contribution < -0.4 is 4.74 Å². The highest BCUT2D eigenvalue weighted by Gasteiger charge is 2.50. The Kier molecular flexibility index (Phi) is 3.42. The predicted octanol–water partition coefficient (Wildman–Crippen LogP) is 3.66. The maximum Gasteiger partial charge on any atom is 0.487 e. The van der Waals surface area contributed by atoms with Gasteiger partial charge in [-0.15, -0.1) is 0 Å². The summed E-state index contributed by atoms with van der Waals surface area (Å²) in [6.45, 7) is 8.32. The van der Waals surface area contributed by atoms with Gasteiger partial charge >= 0.3 is 7.12 Å². The molecular weight excluding hydrogens is 263 g/mol. The number of methoxy groups -OCH3 is 1. The van der Waals surface area contributed by atoms with Crippen LogP contribution in [0, 0.1) is 0 Å². The van der Waals surface area contributed by atoms with Crippen molar-refractivity contribution in [2.75, 3.05) is 7.11 Å². The third-order valence-electron chi connectivity index (χ3n) is 4.94. The van der Waals surface area contributed by atoms with E-state index in [-0.39, 0.29) is 18.3 Å². The summed E-state index contributed by atoms with van der Waals surface area (Å²) in [6, 6.07) is 6.29. The fraction of sp³-hybridized carbons (Fsp3) is 0.529. The molecule has 4 heteroatoms. The molecule has 1 aliphatic carbocycles. The second-order valence-corrected chi connectivity index (χ2v) is 6.84. The SMILES string of the molecule is COc1ccc2c(c1)/C(=C\B1OC(C)(C)C(C)(C)O1)CC2. The van der Waals surface area contributed by atoms with Crippen LogP contribution in [0.15, 0.2) is 24.2 Å². The first-order valence-electron chi connectivity index (χ1n) is 7.56. The highest BCUT2D eigenvalue weighted by atomic mass is 16.7. The number of hydrogen-bond acceptors (Lipinski definition) is 3. The highest BCUT2D eigenvalue weighted by Crippen LogP contribution is 2.40. The van der Waals surface area contributed by atoms with Crippen molar-refractivity contribution in [2.24, 2.45) is 0 Å². The molecule has 1 heterocycles. The Hall–Kier alpha value is -1.26. The molecule has 1 aliphatic heterocycles. The monoisotopic (exact) mass is 286 g/mol. The zero-order valence-electron chi connectivity index (χ0n) is 13.5. The van der Waals surface area contributed by atoms with Crippen LogP contribution in [0.4, 0.5) is 0 Å². The van der Waals surface area contributed by atoms with Crippen molar-refractivity contribution in [1.29, 1.82) is 0 Å². The molecular formula is C17H23BO3. The van der Waals surface area contributed by atoms with Gasteiger partial charge < -0.3 is 14.0 Å². The summed E-state index contributed by atoms with van der Waals surface area (Å²) in [4.78, 5) is 0. The lowest BCUT2D eigenvalue weighted by atomic mass is 9.85. The standard InChI is InChI=1S/C17H23BO3/c1-16(2)17(3,4)21-18(20-16)11-13-7-6-12-8-9-14(19-5)10-15(12)13/h8-11H,6-7H2,1-5H3/b13-11-. The lowest BCUT2D eigenvalue weighted by molar-refractivity contribution is 0.00578. The van der Waals surface area contributed by atoms with Gasteiger partial charge in [0.25, 0.3) is 0 Å². The molecule has 0 amide bonds. The van der Waals surface area contributed by atoms with Crippen molar-refractivity contribution >= 4 is 12.7 Å². The van der Waals surface area contributed by atoms with Crippen LogP contribution in [0.3, 0.4) is 0 Å². The van der Waals surface area contributed by atoms with Gasteiger partial charge in [0.15, 0.2) is 0 Å². The summed E-state index contributed by atoms with van der Waals surface area (Å²) in [5.41, 5.74) is 3.36. The molecule has 1 fully saturated rings. The second-order valence-electron chi connectivity index (χ2n) is 6.84. The van der Waals surface area contributed by atoms with E-state index in [4.69, 9.17) is 14.0 Å². The second kappa shape index (κ2) is 4.89. The molecule has 0 aromatic heterocycles. The maximum absolute atomic E-state index is 6.07. The first-order valence-corrected chi connectivity index (χ1v) is 7.56. The van der Waals surface area contributed by atoms with Crippen LogP contribution in [-0.4, -0.2) is 25.4 Å². The van der Waals surface area contributed by atoms with E-state index >= 15 is 0 Å². The smallest absolute Gasteiger partial charge is 0.487 e. The van der Waals surface area contributed by atoms with Gasteiger partial charge in [-0.2, -0.15) is 0 Å². The largest absolute Gasteiger partial charge is 0.497 e. The fourth-order valence-corrected chi connectivity index (χ4v) is 2.90. The number of ether oxygens (including phenoxy) is 1. The predicted molar refractivity (Wildman–Crippen MR) is 85.4 cm³/mol. The topological polar surface area (TPSA) is 27.7 Å². The Bertz CT molecular complexity index is 574. The van der Waals surface area contributed by atoms with Crippen molar-refractivity contribution in [3.8, 4) is 5.75 Å². The van der Waals surface area contributed by atoms with Gasteiger partial charge in [-0.05, 0) is 69.4 Å². The lowest BCUT2D eigenvalue weighted by Gasteiger charge is -2.32. The van der Waals surface area contributed by atoms with Gasteiger partial charge in [0.05, 0.1) is 18.3 Å². The zero-order chi connectivity index (χ0) is 15.3. The van der Waals surface area contributed by atoms with Crippen LogP contribution in [0.25, 0.3) is 5.57 Å². The molecule has 0 N–H and O–H groups in total. The zero-order valence-corrected chi connectivity index (χ0v) is 13.5. The minimum atomic E-state index is -0.287. The van der Waals surface area contributed by atoms with Crippen molar-refractivity contribution in [2.45, 2.75) is 51.7 Å². The van der Waals surface area contributed by atoms with Gasteiger partial charge in [0.1, 0.15) is 5.75 Å². The highest BCUT2D eigenvalue weighted by molar-refractivity contribution is 6.53. The number of aryl methyl sites for hydroxylation is 1. The minimum Gasteiger partial charge on any atom is -0.497 e. The Morgan fingerprint density at radius 3 is 2.38 bits per heavy atom. The van der Waals surface area contributed by atoms with Crippen molar-refractivity contribution in [3.63, 3.8) is 0 Å². The first-order chi connectivity index (χ1) is 9.82. The van der Waals surface area contributed by atoms with Crippen molar-refractivity contribution in [3.05, 3.63) is 35.3 Å². The molecule has 21 heavy (non-hydrogen) atoms. The molecule has 3 rings (SSSR count). The number of benzene rings is 1. The van der Waals surface area contributed by atoms with Gasteiger partial charge in [-0.3, -0.25) is 0 Å². The minimum absolute atomic E-state index is 0.276. The van der Waals surface area contributed by atoms with Gasteiger partial charge in [-0.1, -0.05) is 12.0 Å². The molecule has 0 unspecified atom stereocenters. The molecule has 0 atom stereocenters. The Morgan fingerprint density at radius 1 is 1.10 bits per heavy atom. The normalized spacial score (nSPS) is 24.4. The molecule has 0 saturated carbocycles. The summed E-state index contributed by atoms with van der Waals surface area (Å²) in [5, 5.41) is 0. The summed E-state index contributed by atoms with van der Waals surface area (Å²) in [6.07, 6.45) is 2.11. The summed E-state index contributed by atoms with van der Waals surface area (Å²) in [7, 11) is 1.43. The van der Waals surface area contributed by atoms with Crippen LogP contribution in [0.2, 0.25) is 0 Å². The van der Waals surface area contributed by atoms with Crippen LogP contribution >= 0.6 is 0 Å². The number of fused-ring (bicyclic) bond motifs is 1. The summed E-state index contributed by atoms with van der Waals surface area (Å²) < 4.78 is 17.5. The van der Waals surface area contributed by atoms with Crippen LogP contribution in [-0.2, 0) is 15.7 Å². The number of allylic oxidation sites excluding steroid dienone is 1. The average molecular weight is 286 g/mol. The molecule has 0 radical (unpaired) electrons. The number of rotatable bonds is 2. The molecule has 112 valence electrons. The van der Waals surface area contributed by atoms with E-state index < -0.39 is 0 Å². The summed E-state index contributed by atoms with van der Waals surface area (Å²) in [5.74, 6) is 3.03. The lowest BCUT2D eigenvalue weighted by Crippen LogP contribution is -2.41. The van der Waals surface area contributed by atoms with E-state index in [2.05, 4.69) is 45.8 Å². The molecule has 3 nitrogen and oxygen atoms in total. The Morgan fingerprint density at radius 2 is 1.76 bits per heavy atom. The Balaban J connectivity index is 1.88. The first kappa shape index (κ1) is 14.7. The van der Waals surface area contributed by atoms with Crippen molar-refractivity contribution < 1.29 is 14.0 Å². The third kappa shape index (κ3) is 2.51. The molecule has 0 spiro atoms. The van der Waals surface area contributed by atoms with Gasteiger partial charge in [0, 0.05) is 0 Å². The van der Waals surface area contributed by atoms with E-state index in [0.29, 0.717) is 0 Å². The van der Waals surface area contributed by atoms with E-state index in [1.165, 1.54) is 16.7 Å². The quantitative estimate of drug-likeness (QED) is 0.777. The molecule has 2 aliphatic rings. The van der Waals surface area contributed by atoms with Crippen LogP contribution in [0.1, 0.15) is 45.2 Å². The van der Waals surface area contributed by atoms with E-state index in [9.17, 15) is 0 Å². The van der Waals surface area contributed by atoms with Crippen molar-refractivity contribution in [1.82, 2.24) is 0 Å². The molecule has 1 saturated heterocycles. The Labute approximate surface area is 127 Å². The number of hydrogen-bond donors (Lipinski definition) is 0. The van der Waals surface area contributed by atoms with Crippen LogP contribution in [0.5, 0.6) is 5.75 Å². The molecule has 0 bridgehead atoms. The van der Waals surface area contributed by atoms with Gasteiger partial charge in [-0.25, -0.2) is 0 Å². The molecule has 1 aromatic rings. The van der Waals surface area contributed by atoms with E-state index in [0.717, 1.165) is 18.6 Å². The third-order valence-corrected chi connectivity index (χ3v) is 4.94. The van der Waals surface area contributed by atoms with Gasteiger partial charge in [0.2, 0.25) is 0 Å². The average Bonchev–Trinajstić information content (AvgIpc) is 2.88. The fourth-order valence-electron chi connectivity index (χ4n) is 2.90. The summed E-state index contributed by atoms with van der Waals surface area (Å²) >= 11 is 0. The van der Waals surface area contributed by atoms with E-state index in [1.54, 1.807) is 7.11 Å². The maximum atomic E-state index is 6.07.